The predicted molar refractivity (Wildman–Crippen MR) is 119 cm³/mol. The Morgan fingerprint density at radius 1 is 1.13 bits per heavy atom. The highest BCUT2D eigenvalue weighted by Crippen LogP contribution is 2.29. The number of fused-ring (bicyclic) bond motifs is 3. The molecule has 0 aromatic carbocycles. The summed E-state index contributed by atoms with van der Waals surface area (Å²) < 4.78 is 2.28. The molecule has 2 aliphatic rings. The van der Waals surface area contributed by atoms with Gasteiger partial charge in [-0.2, -0.15) is 0 Å². The predicted octanol–water partition coefficient (Wildman–Crippen LogP) is 2.23. The summed E-state index contributed by atoms with van der Waals surface area (Å²) in [5.74, 6) is 2.37. The second-order valence-corrected chi connectivity index (χ2v) is 8.44. The number of aromatic nitrogens is 4. The first-order valence-electron chi connectivity index (χ1n) is 11.7. The summed E-state index contributed by atoms with van der Waals surface area (Å²) in [5.41, 5.74) is 1.89. The standard InChI is InChI=1S/C22H35N7O/c1-3-27(4-2)15-11-23-22(30)17-9-13-28(14-10-17)20-19-21(25-16-24-20)29-12-7-5-6-8-18(29)26-19/h16-17H,3-15H2,1-2H3,(H,23,30). The number of anilines is 1. The molecule has 0 spiro atoms. The number of aryl methyl sites for hydroxylation is 2. The fourth-order valence-corrected chi connectivity index (χ4v) is 4.73. The van der Waals surface area contributed by atoms with Crippen LogP contribution in [0.2, 0.25) is 0 Å². The highest BCUT2D eigenvalue weighted by molar-refractivity contribution is 5.84. The quantitative estimate of drug-likeness (QED) is 0.750. The van der Waals surface area contributed by atoms with Crippen molar-refractivity contribution in [2.75, 3.05) is 44.2 Å². The van der Waals surface area contributed by atoms with Crippen LogP contribution < -0.4 is 10.2 Å². The van der Waals surface area contributed by atoms with E-state index in [0.717, 1.165) is 87.9 Å². The van der Waals surface area contributed by atoms with Crippen LogP contribution in [0.25, 0.3) is 11.2 Å². The van der Waals surface area contributed by atoms with Crippen LogP contribution in [0.15, 0.2) is 6.33 Å². The monoisotopic (exact) mass is 413 g/mol. The van der Waals surface area contributed by atoms with Gasteiger partial charge in [-0.15, -0.1) is 0 Å². The van der Waals surface area contributed by atoms with Gasteiger partial charge in [0.2, 0.25) is 5.91 Å². The van der Waals surface area contributed by atoms with Gasteiger partial charge in [-0.05, 0) is 38.8 Å². The van der Waals surface area contributed by atoms with Crippen LogP contribution in [-0.4, -0.2) is 69.6 Å². The van der Waals surface area contributed by atoms with Crippen molar-refractivity contribution in [3.63, 3.8) is 0 Å². The van der Waals surface area contributed by atoms with Crippen molar-refractivity contribution in [1.82, 2.24) is 29.7 Å². The van der Waals surface area contributed by atoms with Crippen molar-refractivity contribution < 1.29 is 4.79 Å². The first-order valence-corrected chi connectivity index (χ1v) is 11.7. The summed E-state index contributed by atoms with van der Waals surface area (Å²) >= 11 is 0. The van der Waals surface area contributed by atoms with Gasteiger partial charge in [-0.1, -0.05) is 20.3 Å². The van der Waals surface area contributed by atoms with Crippen LogP contribution in [0.3, 0.4) is 0 Å². The summed E-state index contributed by atoms with van der Waals surface area (Å²) in [7, 11) is 0. The molecule has 2 aromatic heterocycles. The summed E-state index contributed by atoms with van der Waals surface area (Å²) in [6.07, 6.45) is 8.04. The van der Waals surface area contributed by atoms with E-state index in [1.165, 1.54) is 19.3 Å². The first kappa shape index (κ1) is 21.0. The van der Waals surface area contributed by atoms with Crippen molar-refractivity contribution in [3.8, 4) is 0 Å². The second-order valence-electron chi connectivity index (χ2n) is 8.44. The molecule has 1 amide bonds. The third kappa shape index (κ3) is 4.43. The number of nitrogens with one attached hydrogen (secondary N) is 1. The first-order chi connectivity index (χ1) is 14.7. The van der Waals surface area contributed by atoms with Gasteiger partial charge < -0.3 is 19.7 Å². The molecule has 30 heavy (non-hydrogen) atoms. The zero-order valence-electron chi connectivity index (χ0n) is 18.4. The zero-order chi connectivity index (χ0) is 20.9. The number of rotatable bonds is 7. The third-order valence-corrected chi connectivity index (χ3v) is 6.66. The van der Waals surface area contributed by atoms with Crippen molar-refractivity contribution in [1.29, 1.82) is 0 Å². The highest BCUT2D eigenvalue weighted by atomic mass is 16.1. The molecular weight excluding hydrogens is 378 g/mol. The van der Waals surface area contributed by atoms with Gasteiger partial charge in [0.15, 0.2) is 17.0 Å². The molecule has 1 saturated heterocycles. The van der Waals surface area contributed by atoms with Crippen LogP contribution in [0.1, 0.15) is 51.8 Å². The van der Waals surface area contributed by atoms with Crippen LogP contribution >= 0.6 is 0 Å². The van der Waals surface area contributed by atoms with E-state index >= 15 is 0 Å². The Morgan fingerprint density at radius 2 is 1.93 bits per heavy atom. The summed E-state index contributed by atoms with van der Waals surface area (Å²) in [5, 5.41) is 3.13. The average Bonchev–Trinajstić information content (AvgIpc) is 2.97. The smallest absolute Gasteiger partial charge is 0.223 e. The van der Waals surface area contributed by atoms with Crippen LogP contribution in [0.4, 0.5) is 5.82 Å². The Balaban J connectivity index is 1.37. The molecule has 2 aromatic rings. The number of hydrogen-bond donors (Lipinski definition) is 1. The van der Waals surface area contributed by atoms with Gasteiger partial charge in [0.1, 0.15) is 12.2 Å². The number of nitrogens with zero attached hydrogens (tertiary/aromatic N) is 6. The van der Waals surface area contributed by atoms with E-state index in [0.29, 0.717) is 0 Å². The molecule has 2 aliphatic heterocycles. The maximum atomic E-state index is 12.6. The van der Waals surface area contributed by atoms with E-state index in [9.17, 15) is 4.79 Å². The Morgan fingerprint density at radius 3 is 2.70 bits per heavy atom. The van der Waals surface area contributed by atoms with Crippen LogP contribution in [0.5, 0.6) is 0 Å². The maximum Gasteiger partial charge on any atom is 0.223 e. The zero-order valence-corrected chi connectivity index (χ0v) is 18.4. The number of amides is 1. The van der Waals surface area contributed by atoms with E-state index in [1.54, 1.807) is 6.33 Å². The van der Waals surface area contributed by atoms with Gasteiger partial charge in [0.05, 0.1) is 0 Å². The number of likely N-dealkylation sites (N-methyl/N-ethyl adjacent to an activating group) is 1. The third-order valence-electron chi connectivity index (χ3n) is 6.66. The SMILES string of the molecule is CCN(CC)CCNC(=O)C1CCN(c2ncnc3c2nc2n3CCCCC2)CC1. The molecule has 0 radical (unpaired) electrons. The fourth-order valence-electron chi connectivity index (χ4n) is 4.73. The second kappa shape index (κ2) is 9.73. The van der Waals surface area contributed by atoms with Crippen LogP contribution in [-0.2, 0) is 17.8 Å². The lowest BCUT2D eigenvalue weighted by molar-refractivity contribution is -0.125. The van der Waals surface area contributed by atoms with Crippen molar-refractivity contribution >= 4 is 22.9 Å². The summed E-state index contributed by atoms with van der Waals surface area (Å²) in [6.45, 7) is 10.7. The molecule has 0 saturated carbocycles. The summed E-state index contributed by atoms with van der Waals surface area (Å²) in [6, 6.07) is 0. The van der Waals surface area contributed by atoms with Gasteiger partial charge >= 0.3 is 0 Å². The normalized spacial score (nSPS) is 17.9. The largest absolute Gasteiger partial charge is 0.355 e. The molecule has 8 heteroatoms. The molecular formula is C22H35N7O. The van der Waals surface area contributed by atoms with E-state index in [1.807, 2.05) is 0 Å². The molecule has 0 aliphatic carbocycles. The molecule has 4 heterocycles. The van der Waals surface area contributed by atoms with Gasteiger partial charge in [-0.3, -0.25) is 4.79 Å². The molecule has 1 N–H and O–H groups in total. The van der Waals surface area contributed by atoms with Crippen molar-refractivity contribution in [3.05, 3.63) is 12.2 Å². The maximum absolute atomic E-state index is 12.6. The molecule has 164 valence electrons. The lowest BCUT2D eigenvalue weighted by Gasteiger charge is -2.32. The van der Waals surface area contributed by atoms with Gasteiger partial charge in [0, 0.05) is 45.1 Å². The van der Waals surface area contributed by atoms with Crippen molar-refractivity contribution in [2.24, 2.45) is 5.92 Å². The Labute approximate surface area is 179 Å². The molecule has 1 fully saturated rings. The minimum Gasteiger partial charge on any atom is -0.355 e. The van der Waals surface area contributed by atoms with Gasteiger partial charge in [-0.25, -0.2) is 15.0 Å². The van der Waals surface area contributed by atoms with E-state index in [2.05, 4.69) is 43.5 Å². The summed E-state index contributed by atoms with van der Waals surface area (Å²) in [4.78, 5) is 31.3. The lowest BCUT2D eigenvalue weighted by atomic mass is 9.96. The molecule has 4 rings (SSSR count). The van der Waals surface area contributed by atoms with Gasteiger partial charge in [0.25, 0.3) is 0 Å². The number of imidazole rings is 1. The number of piperidine rings is 1. The fraction of sp³-hybridized carbons (Fsp3) is 0.727. The molecule has 0 atom stereocenters. The number of hydrogen-bond acceptors (Lipinski definition) is 6. The lowest BCUT2D eigenvalue weighted by Crippen LogP contribution is -2.43. The van der Waals surface area contributed by atoms with E-state index in [-0.39, 0.29) is 11.8 Å². The van der Waals surface area contributed by atoms with Crippen LogP contribution in [0, 0.1) is 5.92 Å². The molecule has 0 bridgehead atoms. The minimum atomic E-state index is 0.0917. The highest BCUT2D eigenvalue weighted by Gasteiger charge is 2.28. The van der Waals surface area contributed by atoms with Crippen molar-refractivity contribution in [2.45, 2.75) is 58.9 Å². The number of carbonyl (C=O) groups excluding carboxylic acids is 1. The average molecular weight is 414 g/mol. The van der Waals surface area contributed by atoms with E-state index < -0.39 is 0 Å². The number of carbonyl (C=O) groups is 1. The Hall–Kier alpha value is -2.22. The topological polar surface area (TPSA) is 79.2 Å². The van der Waals surface area contributed by atoms with E-state index in [4.69, 9.17) is 4.98 Å². The molecule has 8 nitrogen and oxygen atoms in total. The minimum absolute atomic E-state index is 0.0917. The Bertz CT molecular complexity index is 853. The molecule has 0 unspecified atom stereocenters. The Kier molecular flexibility index (Phi) is 6.82.